The highest BCUT2D eigenvalue weighted by atomic mass is 16.1. The molecule has 0 unspecified atom stereocenters. The van der Waals surface area contributed by atoms with Gasteiger partial charge in [0.2, 0.25) is 0 Å². The van der Waals surface area contributed by atoms with Gasteiger partial charge < -0.3 is 15.5 Å². The van der Waals surface area contributed by atoms with Gasteiger partial charge in [0.1, 0.15) is 17.3 Å². The van der Waals surface area contributed by atoms with Crippen molar-refractivity contribution in [2.24, 2.45) is 0 Å². The fraction of sp³-hybridized carbons (Fsp3) is 0.389. The number of nitrogens with zero attached hydrogens (tertiary/aromatic N) is 3. The second-order valence-electron chi connectivity index (χ2n) is 6.25. The Morgan fingerprint density at radius 1 is 1.04 bits per heavy atom. The first-order valence-electron chi connectivity index (χ1n) is 7.97. The third-order valence-electron chi connectivity index (χ3n) is 3.41. The molecule has 0 atom stereocenters. The van der Waals surface area contributed by atoms with E-state index >= 15 is 0 Å². The molecule has 0 saturated carbocycles. The molecular formula is C18H25N5O. The highest BCUT2D eigenvalue weighted by Crippen LogP contribution is 2.18. The van der Waals surface area contributed by atoms with Crippen LogP contribution in [0.3, 0.4) is 0 Å². The van der Waals surface area contributed by atoms with E-state index in [1.165, 1.54) is 11.1 Å². The lowest BCUT2D eigenvalue weighted by molar-refractivity contribution is 0.0945. The average Bonchev–Trinajstić information content (AvgIpc) is 2.44. The summed E-state index contributed by atoms with van der Waals surface area (Å²) in [4.78, 5) is 22.9. The van der Waals surface area contributed by atoms with Crippen molar-refractivity contribution in [3.63, 3.8) is 0 Å². The molecule has 0 aliphatic rings. The normalized spacial score (nSPS) is 10.8. The molecule has 24 heavy (non-hydrogen) atoms. The summed E-state index contributed by atoms with van der Waals surface area (Å²) in [6.07, 6.45) is 0. The highest BCUT2D eigenvalue weighted by Gasteiger charge is 2.10. The molecule has 0 bridgehead atoms. The number of aromatic nitrogens is 2. The van der Waals surface area contributed by atoms with Gasteiger partial charge in [-0.1, -0.05) is 6.07 Å². The van der Waals surface area contributed by atoms with Crippen molar-refractivity contribution >= 4 is 17.4 Å². The van der Waals surface area contributed by atoms with E-state index in [9.17, 15) is 4.79 Å². The minimum atomic E-state index is -0.189. The fourth-order valence-electron chi connectivity index (χ4n) is 2.43. The highest BCUT2D eigenvalue weighted by molar-refractivity contribution is 5.93. The predicted octanol–water partition coefficient (Wildman–Crippen LogP) is 2.44. The van der Waals surface area contributed by atoms with E-state index in [4.69, 9.17) is 0 Å². The van der Waals surface area contributed by atoms with Crippen LogP contribution in [0.4, 0.5) is 11.5 Å². The van der Waals surface area contributed by atoms with Crippen LogP contribution in [0, 0.1) is 20.8 Å². The van der Waals surface area contributed by atoms with Gasteiger partial charge in [0.25, 0.3) is 5.91 Å². The van der Waals surface area contributed by atoms with Crippen molar-refractivity contribution in [3.05, 3.63) is 46.9 Å². The Labute approximate surface area is 143 Å². The van der Waals surface area contributed by atoms with E-state index in [2.05, 4.69) is 26.7 Å². The standard InChI is InChI=1S/C18H25N5O/c1-12-8-13(2)10-15(9-12)22-17-11-16(20-14(3)21-17)18(24)19-6-7-23(4)5/h8-11H,6-7H2,1-5H3,(H,19,24)(H,20,21,22). The first-order valence-corrected chi connectivity index (χ1v) is 7.97. The van der Waals surface area contributed by atoms with E-state index in [1.807, 2.05) is 45.0 Å². The van der Waals surface area contributed by atoms with Crippen LogP contribution < -0.4 is 10.6 Å². The minimum absolute atomic E-state index is 0.189. The smallest absolute Gasteiger partial charge is 0.270 e. The number of rotatable bonds is 6. The number of likely N-dealkylation sites (N-methyl/N-ethyl adjacent to an activating group) is 1. The number of nitrogens with one attached hydrogen (secondary N) is 2. The molecule has 2 N–H and O–H groups in total. The van der Waals surface area contributed by atoms with Crippen molar-refractivity contribution in [1.82, 2.24) is 20.2 Å². The lowest BCUT2D eigenvalue weighted by Gasteiger charge is -2.12. The van der Waals surface area contributed by atoms with Gasteiger partial charge in [-0.05, 0) is 58.1 Å². The third kappa shape index (κ3) is 5.31. The summed E-state index contributed by atoms with van der Waals surface area (Å²) in [5.41, 5.74) is 3.66. The van der Waals surface area contributed by atoms with Gasteiger partial charge in [0.05, 0.1) is 0 Å². The summed E-state index contributed by atoms with van der Waals surface area (Å²) < 4.78 is 0. The maximum atomic E-state index is 12.2. The third-order valence-corrected chi connectivity index (χ3v) is 3.41. The first kappa shape index (κ1) is 17.9. The SMILES string of the molecule is Cc1cc(C)cc(Nc2cc(C(=O)NCCN(C)C)nc(C)n2)c1. The van der Waals surface area contributed by atoms with Gasteiger partial charge in [-0.3, -0.25) is 4.79 Å². The number of aryl methyl sites for hydroxylation is 3. The fourth-order valence-corrected chi connectivity index (χ4v) is 2.43. The van der Waals surface area contributed by atoms with Crippen LogP contribution in [0.25, 0.3) is 0 Å². The van der Waals surface area contributed by atoms with Crippen molar-refractivity contribution in [2.75, 3.05) is 32.5 Å². The topological polar surface area (TPSA) is 70.2 Å². The summed E-state index contributed by atoms with van der Waals surface area (Å²) in [5.74, 6) is 0.984. The largest absolute Gasteiger partial charge is 0.349 e. The Morgan fingerprint density at radius 3 is 2.33 bits per heavy atom. The van der Waals surface area contributed by atoms with Crippen LogP contribution in [0.2, 0.25) is 0 Å². The van der Waals surface area contributed by atoms with Crippen molar-refractivity contribution in [2.45, 2.75) is 20.8 Å². The minimum Gasteiger partial charge on any atom is -0.349 e. The molecule has 0 saturated heterocycles. The monoisotopic (exact) mass is 327 g/mol. The van der Waals surface area contributed by atoms with Gasteiger partial charge >= 0.3 is 0 Å². The van der Waals surface area contributed by atoms with E-state index in [1.54, 1.807) is 13.0 Å². The number of carbonyl (C=O) groups is 1. The first-order chi connectivity index (χ1) is 11.3. The van der Waals surface area contributed by atoms with Crippen molar-refractivity contribution in [1.29, 1.82) is 0 Å². The summed E-state index contributed by atoms with van der Waals surface area (Å²) in [6, 6.07) is 7.87. The van der Waals surface area contributed by atoms with Crippen LogP contribution in [0.15, 0.2) is 24.3 Å². The molecule has 0 aliphatic carbocycles. The van der Waals surface area contributed by atoms with Crippen molar-refractivity contribution in [3.8, 4) is 0 Å². The summed E-state index contributed by atoms with van der Waals surface area (Å²) in [5, 5.41) is 6.12. The molecule has 1 aromatic carbocycles. The zero-order chi connectivity index (χ0) is 17.7. The van der Waals surface area contributed by atoms with E-state index < -0.39 is 0 Å². The molecule has 6 heteroatoms. The summed E-state index contributed by atoms with van der Waals surface area (Å²) in [7, 11) is 3.93. The summed E-state index contributed by atoms with van der Waals surface area (Å²) >= 11 is 0. The average molecular weight is 327 g/mol. The number of benzene rings is 1. The van der Waals surface area contributed by atoms with Gasteiger partial charge in [-0.2, -0.15) is 0 Å². The van der Waals surface area contributed by atoms with Gasteiger partial charge in [0, 0.05) is 24.8 Å². The predicted molar refractivity (Wildman–Crippen MR) is 96.9 cm³/mol. The van der Waals surface area contributed by atoms with Gasteiger partial charge in [-0.25, -0.2) is 9.97 Å². The van der Waals surface area contributed by atoms with Crippen LogP contribution in [-0.2, 0) is 0 Å². The van der Waals surface area contributed by atoms with E-state index in [0.717, 1.165) is 12.2 Å². The van der Waals surface area contributed by atoms with E-state index in [0.29, 0.717) is 23.9 Å². The molecule has 2 aromatic rings. The Kier molecular flexibility index (Phi) is 5.87. The number of anilines is 2. The molecule has 0 aliphatic heterocycles. The van der Waals surface area contributed by atoms with Crippen LogP contribution in [-0.4, -0.2) is 48.0 Å². The molecule has 1 amide bonds. The van der Waals surface area contributed by atoms with Gasteiger partial charge in [0.15, 0.2) is 0 Å². The van der Waals surface area contributed by atoms with E-state index in [-0.39, 0.29) is 5.91 Å². The van der Waals surface area contributed by atoms with Crippen LogP contribution in [0.5, 0.6) is 0 Å². The molecule has 0 radical (unpaired) electrons. The molecule has 0 spiro atoms. The maximum absolute atomic E-state index is 12.2. The number of amides is 1. The zero-order valence-electron chi connectivity index (χ0n) is 15.0. The molecule has 0 fully saturated rings. The van der Waals surface area contributed by atoms with Crippen LogP contribution in [0.1, 0.15) is 27.4 Å². The lowest BCUT2D eigenvalue weighted by Crippen LogP contribution is -2.32. The zero-order valence-corrected chi connectivity index (χ0v) is 15.0. The molecule has 1 heterocycles. The Hall–Kier alpha value is -2.47. The molecule has 128 valence electrons. The summed E-state index contributed by atoms with van der Waals surface area (Å²) in [6.45, 7) is 7.24. The second-order valence-corrected chi connectivity index (χ2v) is 6.25. The van der Waals surface area contributed by atoms with Gasteiger partial charge in [-0.15, -0.1) is 0 Å². The maximum Gasteiger partial charge on any atom is 0.270 e. The molecule has 1 aromatic heterocycles. The number of hydrogen-bond acceptors (Lipinski definition) is 5. The second kappa shape index (κ2) is 7.88. The van der Waals surface area contributed by atoms with Crippen molar-refractivity contribution < 1.29 is 4.79 Å². The molecule has 6 nitrogen and oxygen atoms in total. The molecular weight excluding hydrogens is 302 g/mol. The number of carbonyl (C=O) groups excluding carboxylic acids is 1. The molecule has 2 rings (SSSR count). The lowest BCUT2D eigenvalue weighted by atomic mass is 10.1. The van der Waals surface area contributed by atoms with Crippen LogP contribution >= 0.6 is 0 Å². The number of hydrogen-bond donors (Lipinski definition) is 2. The Bertz CT molecular complexity index is 707. The Morgan fingerprint density at radius 2 is 1.71 bits per heavy atom. The quantitative estimate of drug-likeness (QED) is 0.853. The Balaban J connectivity index is 2.14.